The first-order valence-electron chi connectivity index (χ1n) is 28.7. The van der Waals surface area contributed by atoms with Gasteiger partial charge in [0, 0.05) is 159 Å². The van der Waals surface area contributed by atoms with Gasteiger partial charge in [0.05, 0.1) is 35.7 Å². The highest BCUT2D eigenvalue weighted by atomic mass is 16.5. The number of aliphatic hydroxyl groups is 2. The Kier molecular flexibility index (Phi) is 17.6. The smallest absolute Gasteiger partial charge is 0.254 e. The predicted molar refractivity (Wildman–Crippen MR) is 318 cm³/mol. The molecule has 4 amide bonds. The fourth-order valence-corrected chi connectivity index (χ4v) is 11.3. The van der Waals surface area contributed by atoms with Crippen LogP contribution in [0.2, 0.25) is 0 Å². The van der Waals surface area contributed by atoms with Crippen LogP contribution in [0.5, 0.6) is 11.5 Å². The maximum atomic E-state index is 13.0. The summed E-state index contributed by atoms with van der Waals surface area (Å²) in [6.45, 7) is 6.66. The Morgan fingerprint density at radius 3 is 1.33 bits per heavy atom. The number of carbonyl (C=O) groups excluding carboxylic acids is 4. The number of rotatable bonds is 12. The number of carbonyl (C=O) groups is 4. The molecule has 0 saturated carbocycles. The Labute approximate surface area is 491 Å². The highest BCUT2D eigenvalue weighted by molar-refractivity contribution is 5.99. The highest BCUT2D eigenvalue weighted by Crippen LogP contribution is 2.36. The molecule has 434 valence electrons. The van der Waals surface area contributed by atoms with Gasteiger partial charge in [-0.05, 0) is 103 Å². The molecule has 12 rings (SSSR count). The minimum Gasteiger partial charge on any atom is -0.489 e. The molecule has 8 heterocycles. The fourth-order valence-electron chi connectivity index (χ4n) is 11.3. The quantitative estimate of drug-likeness (QED) is 0.0950. The minimum absolute atomic E-state index is 0.0102. The molecule has 0 unspecified atom stereocenters. The molecule has 0 bridgehead atoms. The van der Waals surface area contributed by atoms with Crippen molar-refractivity contribution in [2.75, 3.05) is 98.9 Å². The van der Waals surface area contributed by atoms with Crippen molar-refractivity contribution in [3.63, 3.8) is 0 Å². The molecule has 0 spiro atoms. The van der Waals surface area contributed by atoms with E-state index >= 15 is 0 Å². The number of aromatic nitrogens is 4. The van der Waals surface area contributed by atoms with E-state index < -0.39 is 13.2 Å². The standard InChI is InChI=1S/C33H34N6O4.C32H31N5O5/c1-37-14-16-39(17-15-37)33(42)23-4-2-22(3-5-23)29-19-27-28(36-29)8-11-35-32(27)24-6-7-30(25(18-24)20-34)43-26-9-12-38(13-10-26)31(41)21-40;33-19-24-17-23(5-6-29(24)42-25-8-11-36(12-9-25)30(39)20-38)31-26-18-28(35-27(26)7-10-34-31)21-1-3-22(4-2-21)32(40)37-13-15-41-16-14-37/h2-8,11,18-19,26,36,40H,9-10,12-17,21H2,1H3;1-7,10,17-18,25,35,38H,8-9,11-16,20H2. The Bertz CT molecular complexity index is 3820. The second kappa shape index (κ2) is 26.0. The number of piperidine rings is 2. The zero-order chi connectivity index (χ0) is 59.0. The average molecular weight is 1140 g/mol. The van der Waals surface area contributed by atoms with Crippen LogP contribution in [0.3, 0.4) is 0 Å². The molecule has 8 aromatic rings. The zero-order valence-corrected chi connectivity index (χ0v) is 47.2. The largest absolute Gasteiger partial charge is 0.489 e. The molecule has 4 aliphatic heterocycles. The van der Waals surface area contributed by atoms with Gasteiger partial charge in [-0.2, -0.15) is 10.5 Å². The van der Waals surface area contributed by atoms with Crippen LogP contribution in [0.15, 0.2) is 122 Å². The number of nitrogens with zero attached hydrogens (tertiary/aromatic N) is 9. The van der Waals surface area contributed by atoms with Crippen LogP contribution in [0, 0.1) is 22.7 Å². The van der Waals surface area contributed by atoms with E-state index in [1.807, 2.05) is 101 Å². The lowest BCUT2D eigenvalue weighted by molar-refractivity contribution is -0.136. The van der Waals surface area contributed by atoms with E-state index in [1.165, 1.54) is 0 Å². The molecule has 4 aromatic heterocycles. The molecule has 4 aromatic carbocycles. The van der Waals surface area contributed by atoms with Crippen molar-refractivity contribution >= 4 is 45.4 Å². The molecule has 0 aliphatic carbocycles. The summed E-state index contributed by atoms with van der Waals surface area (Å²) in [4.78, 5) is 74.7. The molecule has 20 nitrogen and oxygen atoms in total. The number of hydrogen-bond acceptors (Lipinski definition) is 14. The number of morpholine rings is 1. The summed E-state index contributed by atoms with van der Waals surface area (Å²) in [7, 11) is 2.07. The van der Waals surface area contributed by atoms with Crippen LogP contribution in [-0.4, -0.2) is 189 Å². The summed E-state index contributed by atoms with van der Waals surface area (Å²) >= 11 is 0. The van der Waals surface area contributed by atoms with E-state index in [0.717, 1.165) is 93.0 Å². The van der Waals surface area contributed by atoms with Crippen LogP contribution in [0.25, 0.3) is 66.8 Å². The molecule has 4 N–H and O–H groups in total. The summed E-state index contributed by atoms with van der Waals surface area (Å²) in [6, 6.07) is 38.7. The minimum atomic E-state index is -0.488. The maximum Gasteiger partial charge on any atom is 0.254 e. The lowest BCUT2D eigenvalue weighted by Crippen LogP contribution is -2.47. The monoisotopic (exact) mass is 1140 g/mol. The summed E-state index contributed by atoms with van der Waals surface area (Å²) in [5.74, 6) is 0.527. The van der Waals surface area contributed by atoms with Crippen molar-refractivity contribution in [3.8, 4) is 68.7 Å². The van der Waals surface area contributed by atoms with Crippen molar-refractivity contribution in [1.82, 2.24) is 44.4 Å². The number of piperazine rings is 1. The number of likely N-dealkylation sites (tertiary alicyclic amines) is 2. The number of fused-ring (bicyclic) bond motifs is 2. The van der Waals surface area contributed by atoms with E-state index in [4.69, 9.17) is 24.4 Å². The number of nitriles is 2. The van der Waals surface area contributed by atoms with Gasteiger partial charge in [0.2, 0.25) is 11.8 Å². The van der Waals surface area contributed by atoms with E-state index in [9.17, 15) is 29.7 Å². The SMILES string of the molecule is CN1CCN(C(=O)c2ccc(-c3cc4c(-c5ccc(OC6CCN(C(=O)CO)CC6)c(C#N)c5)nccc4[nH]3)cc2)CC1.N#Cc1cc(-c2nccc3[nH]c(-c4ccc(C(=O)N5CCOCC5)cc4)cc23)ccc1OC1CCN(C(=O)CO)CC1. The van der Waals surface area contributed by atoms with Gasteiger partial charge >= 0.3 is 0 Å². The maximum absolute atomic E-state index is 13.0. The van der Waals surface area contributed by atoms with E-state index in [0.29, 0.717) is 112 Å². The van der Waals surface area contributed by atoms with Crippen LogP contribution in [0.4, 0.5) is 0 Å². The molecule has 4 saturated heterocycles. The van der Waals surface area contributed by atoms with Gasteiger partial charge in [-0.15, -0.1) is 0 Å². The number of hydrogen-bond donors (Lipinski definition) is 4. The van der Waals surface area contributed by atoms with Gasteiger partial charge in [0.1, 0.15) is 49.1 Å². The Morgan fingerprint density at radius 2 is 0.929 bits per heavy atom. The number of benzene rings is 4. The third kappa shape index (κ3) is 12.9. The average Bonchev–Trinajstić information content (AvgIpc) is 4.33. The first kappa shape index (κ1) is 57.4. The van der Waals surface area contributed by atoms with Crippen molar-refractivity contribution < 1.29 is 43.6 Å². The molecular formula is C65H65N11O9. The molecule has 4 fully saturated rings. The molecule has 0 atom stereocenters. The van der Waals surface area contributed by atoms with E-state index in [2.05, 4.69) is 44.0 Å². The van der Waals surface area contributed by atoms with E-state index in [1.54, 1.807) is 40.4 Å². The number of nitrogens with one attached hydrogen (secondary N) is 2. The summed E-state index contributed by atoms with van der Waals surface area (Å²) < 4.78 is 17.7. The molecule has 4 aliphatic rings. The number of aliphatic hydroxyl groups excluding tert-OH is 2. The molecular weight excluding hydrogens is 1080 g/mol. The van der Waals surface area contributed by atoms with Gasteiger partial charge in [-0.3, -0.25) is 29.1 Å². The Hall–Kier alpha value is -9.44. The lowest BCUT2D eigenvalue weighted by Gasteiger charge is -2.32. The van der Waals surface area contributed by atoms with Gasteiger partial charge in [-0.1, -0.05) is 24.3 Å². The summed E-state index contributed by atoms with van der Waals surface area (Å²) in [5.41, 5.74) is 10.8. The first-order chi connectivity index (χ1) is 41.5. The number of aromatic amines is 2. The normalized spacial score (nSPS) is 16.1. The van der Waals surface area contributed by atoms with Crippen LogP contribution in [0.1, 0.15) is 57.5 Å². The lowest BCUT2D eigenvalue weighted by atomic mass is 10.0. The summed E-state index contributed by atoms with van der Waals surface area (Å²) in [5, 5.41) is 39.9. The predicted octanol–water partition coefficient (Wildman–Crippen LogP) is 7.12. The van der Waals surface area contributed by atoms with Crippen LogP contribution < -0.4 is 9.47 Å². The van der Waals surface area contributed by atoms with E-state index in [-0.39, 0.29) is 35.8 Å². The number of H-pyrrole nitrogens is 2. The zero-order valence-electron chi connectivity index (χ0n) is 47.2. The van der Waals surface area contributed by atoms with Gasteiger partial charge in [0.25, 0.3) is 11.8 Å². The first-order valence-corrected chi connectivity index (χ1v) is 28.7. The van der Waals surface area contributed by atoms with Crippen molar-refractivity contribution in [2.45, 2.75) is 37.9 Å². The van der Waals surface area contributed by atoms with Crippen LogP contribution in [-0.2, 0) is 14.3 Å². The fraction of sp³-hybridized carbons (Fsp3) is 0.323. The second-order valence-corrected chi connectivity index (χ2v) is 21.6. The van der Waals surface area contributed by atoms with Crippen molar-refractivity contribution in [2.24, 2.45) is 0 Å². The van der Waals surface area contributed by atoms with Gasteiger partial charge in [0.15, 0.2) is 0 Å². The number of likely N-dealkylation sites (N-methyl/N-ethyl adjacent to an activating group) is 1. The Morgan fingerprint density at radius 1 is 0.529 bits per heavy atom. The molecule has 20 heteroatoms. The van der Waals surface area contributed by atoms with Crippen LogP contribution >= 0.6 is 0 Å². The van der Waals surface area contributed by atoms with Gasteiger partial charge < -0.3 is 58.9 Å². The summed E-state index contributed by atoms with van der Waals surface area (Å²) in [6.07, 6.45) is 5.79. The van der Waals surface area contributed by atoms with Gasteiger partial charge in [-0.25, -0.2) is 0 Å². The number of pyridine rings is 2. The third-order valence-corrected chi connectivity index (χ3v) is 16.3. The molecule has 85 heavy (non-hydrogen) atoms. The number of ether oxygens (including phenoxy) is 3. The topological polar surface area (TPSA) is 258 Å². The highest BCUT2D eigenvalue weighted by Gasteiger charge is 2.27. The second-order valence-electron chi connectivity index (χ2n) is 21.6. The number of amides is 4. The Balaban J connectivity index is 0.000000177. The third-order valence-electron chi connectivity index (χ3n) is 16.3. The van der Waals surface area contributed by atoms with Crippen molar-refractivity contribution in [3.05, 3.63) is 144 Å². The molecule has 0 radical (unpaired) electrons. The van der Waals surface area contributed by atoms with Crippen molar-refractivity contribution in [1.29, 1.82) is 10.5 Å².